The van der Waals surface area contributed by atoms with Gasteiger partial charge in [0.05, 0.1) is 0 Å². The molecule has 4 amide bonds. The first-order chi connectivity index (χ1) is 15.5. The number of hydrogen-bond acceptors (Lipinski definition) is 4. The fraction of sp³-hybridized carbons (Fsp3) is 0.333. The van der Waals surface area contributed by atoms with Crippen LogP contribution in [0.25, 0.3) is 0 Å². The topological polar surface area (TPSA) is 108 Å². The van der Waals surface area contributed by atoms with Gasteiger partial charge in [-0.3, -0.25) is 19.2 Å². The number of anilines is 1. The minimum absolute atomic E-state index is 0.152. The second-order valence-electron chi connectivity index (χ2n) is 8.09. The predicted octanol–water partition coefficient (Wildman–Crippen LogP) is 0.869. The molecule has 3 N–H and O–H groups in total. The van der Waals surface area contributed by atoms with E-state index in [0.29, 0.717) is 18.5 Å². The van der Waals surface area contributed by atoms with Gasteiger partial charge in [-0.25, -0.2) is 0 Å². The van der Waals surface area contributed by atoms with Crippen LogP contribution >= 0.6 is 0 Å². The van der Waals surface area contributed by atoms with E-state index in [9.17, 15) is 19.2 Å². The van der Waals surface area contributed by atoms with Gasteiger partial charge < -0.3 is 20.9 Å². The summed E-state index contributed by atoms with van der Waals surface area (Å²) in [5.41, 5.74) is 2.50. The van der Waals surface area contributed by atoms with Crippen molar-refractivity contribution in [1.29, 1.82) is 0 Å². The molecule has 32 heavy (non-hydrogen) atoms. The monoisotopic (exact) mass is 434 g/mol. The zero-order valence-corrected chi connectivity index (χ0v) is 17.8. The Kier molecular flexibility index (Phi) is 6.20. The third kappa shape index (κ3) is 4.34. The normalized spacial score (nSPS) is 22.5. The molecule has 2 aromatic carbocycles. The molecule has 4 rings (SSSR count). The molecular weight excluding hydrogens is 408 g/mol. The Bertz CT molecular complexity index is 1040. The van der Waals surface area contributed by atoms with E-state index in [4.69, 9.17) is 0 Å². The molecule has 2 heterocycles. The van der Waals surface area contributed by atoms with Crippen molar-refractivity contribution >= 4 is 29.3 Å². The van der Waals surface area contributed by atoms with Gasteiger partial charge in [-0.2, -0.15) is 0 Å². The Hall–Kier alpha value is -3.68. The van der Waals surface area contributed by atoms with E-state index >= 15 is 0 Å². The summed E-state index contributed by atoms with van der Waals surface area (Å²) in [5.74, 6) is -1.56. The second kappa shape index (κ2) is 9.21. The van der Waals surface area contributed by atoms with Crippen LogP contribution in [0.2, 0.25) is 0 Å². The molecule has 8 heteroatoms. The number of benzene rings is 2. The lowest BCUT2D eigenvalue weighted by atomic mass is 9.86. The van der Waals surface area contributed by atoms with Crippen molar-refractivity contribution in [3.05, 3.63) is 65.7 Å². The van der Waals surface area contributed by atoms with Crippen LogP contribution in [0.4, 0.5) is 5.69 Å². The molecular formula is C24H26N4O4. The van der Waals surface area contributed by atoms with Crippen LogP contribution < -0.4 is 20.9 Å². The van der Waals surface area contributed by atoms with Crippen molar-refractivity contribution in [3.63, 3.8) is 0 Å². The molecule has 0 radical (unpaired) electrons. The minimum atomic E-state index is -0.889. The number of para-hydroxylation sites is 1. The van der Waals surface area contributed by atoms with Crippen molar-refractivity contribution < 1.29 is 19.2 Å². The average molecular weight is 434 g/mol. The molecule has 8 nitrogen and oxygen atoms in total. The molecule has 0 aliphatic carbocycles. The summed E-state index contributed by atoms with van der Waals surface area (Å²) in [4.78, 5) is 52.1. The first-order valence-corrected chi connectivity index (χ1v) is 10.7. The Morgan fingerprint density at radius 1 is 1.06 bits per heavy atom. The maximum Gasteiger partial charge on any atom is 0.250 e. The number of likely N-dealkylation sites (N-methyl/N-ethyl adjacent to an activating group) is 1. The fourth-order valence-corrected chi connectivity index (χ4v) is 4.38. The van der Waals surface area contributed by atoms with Crippen molar-refractivity contribution in [2.24, 2.45) is 0 Å². The molecule has 0 aromatic heterocycles. The molecule has 1 saturated heterocycles. The first kappa shape index (κ1) is 21.5. The summed E-state index contributed by atoms with van der Waals surface area (Å²) in [5, 5.41) is 8.12. The highest BCUT2D eigenvalue weighted by atomic mass is 16.2. The van der Waals surface area contributed by atoms with E-state index in [-0.39, 0.29) is 42.5 Å². The van der Waals surface area contributed by atoms with Crippen LogP contribution in [0.1, 0.15) is 29.9 Å². The Morgan fingerprint density at radius 3 is 2.47 bits per heavy atom. The lowest BCUT2D eigenvalue weighted by molar-refractivity contribution is -0.130. The molecule has 0 spiro atoms. The van der Waals surface area contributed by atoms with Crippen LogP contribution in [0.3, 0.4) is 0 Å². The van der Waals surface area contributed by atoms with E-state index in [1.54, 1.807) is 0 Å². The van der Waals surface area contributed by atoms with Gasteiger partial charge in [0.1, 0.15) is 18.6 Å². The van der Waals surface area contributed by atoms with Crippen LogP contribution in [-0.2, 0) is 25.6 Å². The largest absolute Gasteiger partial charge is 0.358 e. The van der Waals surface area contributed by atoms with Crippen LogP contribution in [0.5, 0.6) is 0 Å². The van der Waals surface area contributed by atoms with Gasteiger partial charge in [0, 0.05) is 25.1 Å². The summed E-state index contributed by atoms with van der Waals surface area (Å²) in [6.07, 6.45) is 1.19. The molecule has 1 fully saturated rings. The van der Waals surface area contributed by atoms with E-state index in [0.717, 1.165) is 11.1 Å². The van der Waals surface area contributed by atoms with Gasteiger partial charge in [-0.15, -0.1) is 0 Å². The van der Waals surface area contributed by atoms with Crippen LogP contribution in [-0.4, -0.2) is 49.3 Å². The second-order valence-corrected chi connectivity index (χ2v) is 8.09. The first-order valence-electron chi connectivity index (χ1n) is 10.7. The number of carbonyl (C=O) groups excluding carboxylic acids is 4. The quantitative estimate of drug-likeness (QED) is 0.649. The minimum Gasteiger partial charge on any atom is -0.358 e. The van der Waals surface area contributed by atoms with E-state index in [1.807, 2.05) is 54.6 Å². The number of amides is 4. The Labute approximate surface area is 186 Å². The summed E-state index contributed by atoms with van der Waals surface area (Å²) in [6.45, 7) is -0.152. The van der Waals surface area contributed by atoms with Crippen LogP contribution in [0, 0.1) is 0 Å². The van der Waals surface area contributed by atoms with Crippen LogP contribution in [0.15, 0.2) is 54.6 Å². The Morgan fingerprint density at radius 2 is 1.78 bits per heavy atom. The third-order valence-corrected chi connectivity index (χ3v) is 6.07. The molecule has 3 atom stereocenters. The fourth-order valence-electron chi connectivity index (χ4n) is 4.38. The van der Waals surface area contributed by atoms with Gasteiger partial charge in [0.2, 0.25) is 17.7 Å². The third-order valence-electron chi connectivity index (χ3n) is 6.07. The lowest BCUT2D eigenvalue weighted by Crippen LogP contribution is -2.55. The smallest absolute Gasteiger partial charge is 0.250 e. The highest BCUT2D eigenvalue weighted by Gasteiger charge is 2.40. The number of fused-ring (bicyclic) bond motifs is 1. The van der Waals surface area contributed by atoms with Crippen molar-refractivity contribution in [1.82, 2.24) is 16.0 Å². The summed E-state index contributed by atoms with van der Waals surface area (Å²) >= 11 is 0. The zero-order valence-electron chi connectivity index (χ0n) is 17.8. The molecule has 166 valence electrons. The number of nitrogens with zero attached hydrogens (tertiary/aromatic N) is 1. The number of hydrogen-bond donors (Lipinski definition) is 3. The molecule has 2 aromatic rings. The standard InChI is InChI=1S/C24H26N4O4/c1-25-21(30)14-28-19-10-6-5-9-16(19)13-17(15-7-3-2-4-8-15)22(24(28)32)27-23(31)18-11-12-20(29)26-18/h2-10,17-18,22H,11-14H2,1H3,(H,25,30)(H,26,29)(H,27,31)/t17-,18+,22+/m1/s1. The molecule has 2 aliphatic heterocycles. The summed E-state index contributed by atoms with van der Waals surface area (Å²) in [6, 6.07) is 15.5. The molecule has 0 unspecified atom stereocenters. The van der Waals surface area contributed by atoms with Gasteiger partial charge >= 0.3 is 0 Å². The highest BCUT2D eigenvalue weighted by molar-refractivity contribution is 6.05. The number of nitrogens with one attached hydrogen (secondary N) is 3. The number of carbonyl (C=O) groups is 4. The maximum atomic E-state index is 13.8. The predicted molar refractivity (Wildman–Crippen MR) is 119 cm³/mol. The molecule has 0 saturated carbocycles. The highest BCUT2D eigenvalue weighted by Crippen LogP contribution is 2.35. The maximum absolute atomic E-state index is 13.8. The number of rotatable bonds is 5. The SMILES string of the molecule is CNC(=O)CN1C(=O)[C@@H](NC(=O)[C@@H]2CCC(=O)N2)[C@@H](c2ccccc2)Cc2ccccc21. The summed E-state index contributed by atoms with van der Waals surface area (Å²) < 4.78 is 0. The van der Waals surface area contributed by atoms with E-state index in [2.05, 4.69) is 16.0 Å². The van der Waals surface area contributed by atoms with Crippen molar-refractivity contribution in [2.45, 2.75) is 37.3 Å². The Balaban J connectivity index is 1.74. The van der Waals surface area contributed by atoms with Gasteiger partial charge in [0.25, 0.3) is 5.91 Å². The van der Waals surface area contributed by atoms with E-state index in [1.165, 1.54) is 11.9 Å². The van der Waals surface area contributed by atoms with Crippen molar-refractivity contribution in [2.75, 3.05) is 18.5 Å². The molecule has 0 bridgehead atoms. The average Bonchev–Trinajstić information content (AvgIpc) is 3.22. The summed E-state index contributed by atoms with van der Waals surface area (Å²) in [7, 11) is 1.52. The lowest BCUT2D eigenvalue weighted by Gasteiger charge is -2.29. The molecule has 2 aliphatic rings. The zero-order chi connectivity index (χ0) is 22.7. The van der Waals surface area contributed by atoms with Crippen molar-refractivity contribution in [3.8, 4) is 0 Å². The van der Waals surface area contributed by atoms with Gasteiger partial charge in [0.15, 0.2) is 0 Å². The van der Waals surface area contributed by atoms with E-state index < -0.39 is 12.1 Å². The van der Waals surface area contributed by atoms with Gasteiger partial charge in [-0.05, 0) is 30.0 Å². The van der Waals surface area contributed by atoms with Gasteiger partial charge in [-0.1, -0.05) is 48.5 Å².